The number of likely N-dealkylation sites (tertiary alicyclic amines) is 1. The van der Waals surface area contributed by atoms with Crippen LogP contribution in [0.2, 0.25) is 0 Å². The van der Waals surface area contributed by atoms with Crippen molar-refractivity contribution < 1.29 is 14.1 Å². The summed E-state index contributed by atoms with van der Waals surface area (Å²) in [4.78, 5) is 28.6. The highest BCUT2D eigenvalue weighted by atomic mass is 32.1. The minimum absolute atomic E-state index is 0.0596. The van der Waals surface area contributed by atoms with Gasteiger partial charge in [0.2, 0.25) is 5.91 Å². The van der Waals surface area contributed by atoms with Crippen LogP contribution < -0.4 is 0 Å². The molecule has 1 saturated heterocycles. The van der Waals surface area contributed by atoms with Gasteiger partial charge in [0.25, 0.3) is 5.91 Å². The average Bonchev–Trinajstić information content (AvgIpc) is 2.99. The van der Waals surface area contributed by atoms with Crippen LogP contribution in [0.25, 0.3) is 0 Å². The number of carbonyl (C=O) groups excluding carboxylic acids is 2. The van der Waals surface area contributed by atoms with Crippen molar-refractivity contribution in [3.63, 3.8) is 0 Å². The second kappa shape index (κ2) is 6.54. The largest absolute Gasteiger partial charge is 0.361 e. The Morgan fingerprint density at radius 1 is 1.42 bits per heavy atom. The van der Waals surface area contributed by atoms with Crippen molar-refractivity contribution in [1.29, 1.82) is 0 Å². The van der Waals surface area contributed by atoms with Crippen molar-refractivity contribution in [2.24, 2.45) is 5.41 Å². The zero-order valence-electron chi connectivity index (χ0n) is 15.1. The number of aryl methyl sites for hydroxylation is 1. The lowest BCUT2D eigenvalue weighted by atomic mass is 9.92. The van der Waals surface area contributed by atoms with Crippen molar-refractivity contribution >= 4 is 23.2 Å². The van der Waals surface area contributed by atoms with E-state index in [1.165, 1.54) is 5.56 Å². The van der Waals surface area contributed by atoms with Gasteiger partial charge in [0.05, 0.1) is 0 Å². The van der Waals surface area contributed by atoms with Crippen LogP contribution in [0.3, 0.4) is 0 Å². The van der Waals surface area contributed by atoms with E-state index in [9.17, 15) is 9.59 Å². The van der Waals surface area contributed by atoms with Crippen molar-refractivity contribution in [3.05, 3.63) is 39.9 Å². The van der Waals surface area contributed by atoms with Crippen LogP contribution in [-0.4, -0.2) is 45.9 Å². The van der Waals surface area contributed by atoms with Gasteiger partial charge in [-0.3, -0.25) is 9.59 Å². The predicted octanol–water partition coefficient (Wildman–Crippen LogP) is 3.09. The van der Waals surface area contributed by atoms with Crippen molar-refractivity contribution in [3.8, 4) is 0 Å². The Kier molecular flexibility index (Phi) is 4.34. The molecule has 0 N–H and O–H groups in total. The number of carbonyl (C=O) groups is 2. The molecule has 0 radical (unpaired) electrons. The highest BCUT2D eigenvalue weighted by Crippen LogP contribution is 2.57. The zero-order chi connectivity index (χ0) is 18.3. The molecule has 0 bridgehead atoms. The number of thiophene rings is 1. The molecule has 7 heteroatoms. The van der Waals surface area contributed by atoms with Gasteiger partial charge in [-0.05, 0) is 54.0 Å². The molecule has 2 aliphatic rings. The van der Waals surface area contributed by atoms with Gasteiger partial charge in [0.1, 0.15) is 5.76 Å². The summed E-state index contributed by atoms with van der Waals surface area (Å²) < 4.78 is 5.01. The van der Waals surface area contributed by atoms with E-state index in [1.54, 1.807) is 31.3 Å². The van der Waals surface area contributed by atoms with Gasteiger partial charge in [0, 0.05) is 38.7 Å². The van der Waals surface area contributed by atoms with Crippen LogP contribution in [0, 0.1) is 12.3 Å². The molecule has 1 spiro atoms. The number of nitrogens with zero attached hydrogens (tertiary/aromatic N) is 3. The van der Waals surface area contributed by atoms with E-state index in [4.69, 9.17) is 4.52 Å². The van der Waals surface area contributed by atoms with Crippen LogP contribution in [0.1, 0.15) is 48.0 Å². The molecule has 2 aromatic rings. The summed E-state index contributed by atoms with van der Waals surface area (Å²) in [6.45, 7) is 5.56. The summed E-state index contributed by atoms with van der Waals surface area (Å²) in [5, 5.41) is 7.98. The maximum atomic E-state index is 12.5. The minimum atomic E-state index is -0.0596. The van der Waals surface area contributed by atoms with E-state index in [2.05, 4.69) is 16.6 Å². The first-order chi connectivity index (χ1) is 12.5. The van der Waals surface area contributed by atoms with E-state index in [0.29, 0.717) is 37.1 Å². The number of amides is 2. The first kappa shape index (κ1) is 17.3. The van der Waals surface area contributed by atoms with E-state index in [0.717, 1.165) is 19.3 Å². The molecule has 2 fully saturated rings. The fourth-order valence-electron chi connectivity index (χ4n) is 4.11. The SMILES string of the molecule is CC(=O)N(Cc1ccsc1)C1CC12CCN(C(=O)c1cc(C)on1)CC2. The van der Waals surface area contributed by atoms with Crippen LogP contribution in [0.15, 0.2) is 27.4 Å². The molecule has 138 valence electrons. The van der Waals surface area contributed by atoms with Crippen LogP contribution in [0.5, 0.6) is 0 Å². The second-order valence-corrected chi connectivity index (χ2v) is 8.26. The third kappa shape index (κ3) is 3.16. The monoisotopic (exact) mass is 373 g/mol. The summed E-state index contributed by atoms with van der Waals surface area (Å²) in [5.41, 5.74) is 1.76. The molecule has 1 saturated carbocycles. The van der Waals surface area contributed by atoms with Crippen LogP contribution in [0.4, 0.5) is 0 Å². The number of piperidine rings is 1. The standard InChI is InChI=1S/C19H23N3O3S/c1-13-9-16(20-25-13)18(24)21-6-4-19(5-7-21)10-17(19)22(14(2)23)11-15-3-8-26-12-15/h3,8-9,12,17H,4-7,10-11H2,1-2H3. The molecule has 1 atom stereocenters. The van der Waals surface area contributed by atoms with Gasteiger partial charge in [0.15, 0.2) is 5.69 Å². The molecule has 1 unspecified atom stereocenters. The lowest BCUT2D eigenvalue weighted by Crippen LogP contribution is -2.42. The van der Waals surface area contributed by atoms with E-state index < -0.39 is 0 Å². The Labute approximate surface area is 156 Å². The van der Waals surface area contributed by atoms with Gasteiger partial charge < -0.3 is 14.3 Å². The number of hydrogen-bond acceptors (Lipinski definition) is 5. The van der Waals surface area contributed by atoms with E-state index >= 15 is 0 Å². The lowest BCUT2D eigenvalue weighted by Gasteiger charge is -2.34. The van der Waals surface area contributed by atoms with E-state index in [1.807, 2.05) is 15.2 Å². The Balaban J connectivity index is 1.38. The Morgan fingerprint density at radius 3 is 2.77 bits per heavy atom. The molecule has 26 heavy (non-hydrogen) atoms. The third-order valence-electron chi connectivity index (χ3n) is 5.75. The summed E-state index contributed by atoms with van der Waals surface area (Å²) >= 11 is 1.66. The normalized spacial score (nSPS) is 21.0. The summed E-state index contributed by atoms with van der Waals surface area (Å²) in [6, 6.07) is 4.06. The molecule has 3 heterocycles. The predicted molar refractivity (Wildman–Crippen MR) is 97.8 cm³/mol. The highest BCUT2D eigenvalue weighted by molar-refractivity contribution is 7.07. The Morgan fingerprint density at radius 2 is 2.19 bits per heavy atom. The Bertz CT molecular complexity index is 806. The Hall–Kier alpha value is -2.15. The summed E-state index contributed by atoms with van der Waals surface area (Å²) in [5.74, 6) is 0.722. The molecular weight excluding hydrogens is 350 g/mol. The van der Waals surface area contributed by atoms with Gasteiger partial charge in [-0.25, -0.2) is 0 Å². The topological polar surface area (TPSA) is 66.7 Å². The maximum Gasteiger partial charge on any atom is 0.276 e. The van der Waals surface area contributed by atoms with Gasteiger partial charge in [-0.2, -0.15) is 11.3 Å². The zero-order valence-corrected chi connectivity index (χ0v) is 15.9. The molecule has 2 amide bonds. The first-order valence-corrected chi connectivity index (χ1v) is 9.94. The minimum Gasteiger partial charge on any atom is -0.361 e. The van der Waals surface area contributed by atoms with Gasteiger partial charge in [-0.15, -0.1) is 0 Å². The lowest BCUT2D eigenvalue weighted by molar-refractivity contribution is -0.130. The second-order valence-electron chi connectivity index (χ2n) is 7.48. The number of hydrogen-bond donors (Lipinski definition) is 0. The molecule has 4 rings (SSSR count). The molecule has 0 aromatic carbocycles. The fourth-order valence-corrected chi connectivity index (χ4v) is 4.77. The fraction of sp³-hybridized carbons (Fsp3) is 0.526. The maximum absolute atomic E-state index is 12.5. The van der Waals surface area contributed by atoms with Crippen LogP contribution >= 0.6 is 11.3 Å². The number of aromatic nitrogens is 1. The first-order valence-electron chi connectivity index (χ1n) is 8.99. The van der Waals surface area contributed by atoms with Gasteiger partial charge in [-0.1, -0.05) is 5.16 Å². The molecule has 2 aromatic heterocycles. The average molecular weight is 373 g/mol. The van der Waals surface area contributed by atoms with Crippen LogP contribution in [-0.2, 0) is 11.3 Å². The summed E-state index contributed by atoms with van der Waals surface area (Å²) in [7, 11) is 0. The highest BCUT2D eigenvalue weighted by Gasteiger charge is 2.58. The molecule has 1 aliphatic carbocycles. The van der Waals surface area contributed by atoms with E-state index in [-0.39, 0.29) is 17.2 Å². The number of rotatable bonds is 4. The molecule has 6 nitrogen and oxygen atoms in total. The third-order valence-corrected chi connectivity index (χ3v) is 6.49. The smallest absolute Gasteiger partial charge is 0.276 e. The quantitative estimate of drug-likeness (QED) is 0.826. The molecule has 1 aliphatic heterocycles. The van der Waals surface area contributed by atoms with Crippen molar-refractivity contribution in [2.75, 3.05) is 13.1 Å². The van der Waals surface area contributed by atoms with Crippen molar-refractivity contribution in [1.82, 2.24) is 15.0 Å². The van der Waals surface area contributed by atoms with Gasteiger partial charge >= 0.3 is 0 Å². The van der Waals surface area contributed by atoms with Crippen molar-refractivity contribution in [2.45, 2.75) is 45.7 Å². The molecular formula is C19H23N3O3S. The summed E-state index contributed by atoms with van der Waals surface area (Å²) in [6.07, 6.45) is 2.92.